The van der Waals surface area contributed by atoms with Gasteiger partial charge in [0.2, 0.25) is 0 Å². The Morgan fingerprint density at radius 1 is 1.29 bits per heavy atom. The number of fused-ring (bicyclic) bond motifs is 3. The van der Waals surface area contributed by atoms with E-state index in [9.17, 15) is 13.2 Å². The second kappa shape index (κ2) is 3.38. The van der Waals surface area contributed by atoms with Crippen LogP contribution < -0.4 is 10.6 Å². The van der Waals surface area contributed by atoms with Gasteiger partial charge in [-0.3, -0.25) is 0 Å². The van der Waals surface area contributed by atoms with Crippen molar-refractivity contribution in [3.8, 4) is 0 Å². The summed E-state index contributed by atoms with van der Waals surface area (Å²) in [6, 6.07) is 4.27. The van der Waals surface area contributed by atoms with E-state index in [2.05, 4.69) is 0 Å². The number of nitrogens with zero attached hydrogens (tertiary/aromatic N) is 1. The fraction of sp³-hybridized carbons (Fsp3) is 0.500. The van der Waals surface area contributed by atoms with Crippen molar-refractivity contribution in [2.24, 2.45) is 5.73 Å². The summed E-state index contributed by atoms with van der Waals surface area (Å²) < 4.78 is 37.9. The Labute approximate surface area is 97.2 Å². The van der Waals surface area contributed by atoms with E-state index in [1.54, 1.807) is 6.07 Å². The average molecular weight is 242 g/mol. The summed E-state index contributed by atoms with van der Waals surface area (Å²) in [5.74, 6) is 0. The van der Waals surface area contributed by atoms with Crippen molar-refractivity contribution in [2.75, 3.05) is 11.4 Å². The van der Waals surface area contributed by atoms with Crippen molar-refractivity contribution in [3.63, 3.8) is 0 Å². The highest BCUT2D eigenvalue weighted by Gasteiger charge is 2.40. The van der Waals surface area contributed by atoms with Gasteiger partial charge in [0.1, 0.15) is 0 Å². The summed E-state index contributed by atoms with van der Waals surface area (Å²) in [6.07, 6.45) is -2.63. The third-order valence-electron chi connectivity index (χ3n) is 3.75. The lowest BCUT2D eigenvalue weighted by Crippen LogP contribution is -2.37. The number of hydrogen-bond acceptors (Lipinski definition) is 2. The van der Waals surface area contributed by atoms with E-state index in [1.807, 2.05) is 4.90 Å². The molecule has 0 amide bonds. The summed E-state index contributed by atoms with van der Waals surface area (Å²) in [7, 11) is 0. The van der Waals surface area contributed by atoms with Crippen LogP contribution in [-0.4, -0.2) is 18.6 Å². The molecule has 2 heterocycles. The second-order valence-electron chi connectivity index (χ2n) is 4.76. The molecule has 3 rings (SSSR count). The van der Waals surface area contributed by atoms with Crippen LogP contribution in [0.25, 0.3) is 0 Å². The first-order valence-electron chi connectivity index (χ1n) is 5.69. The summed E-state index contributed by atoms with van der Waals surface area (Å²) in [4.78, 5) is 2.02. The maximum absolute atomic E-state index is 12.6. The van der Waals surface area contributed by atoms with Crippen LogP contribution in [0.1, 0.15) is 17.5 Å². The molecule has 0 saturated carbocycles. The summed E-state index contributed by atoms with van der Waals surface area (Å²) in [5.41, 5.74) is 7.09. The maximum Gasteiger partial charge on any atom is 0.416 e. The smallest absolute Gasteiger partial charge is 0.366 e. The van der Waals surface area contributed by atoms with E-state index in [0.29, 0.717) is 0 Å². The van der Waals surface area contributed by atoms with E-state index in [-0.39, 0.29) is 12.1 Å². The minimum absolute atomic E-state index is 0.0803. The Balaban J connectivity index is 2.01. The van der Waals surface area contributed by atoms with Crippen LogP contribution in [0.15, 0.2) is 18.2 Å². The van der Waals surface area contributed by atoms with Crippen LogP contribution in [0.4, 0.5) is 18.9 Å². The summed E-state index contributed by atoms with van der Waals surface area (Å²) in [5, 5.41) is 0. The van der Waals surface area contributed by atoms with Gasteiger partial charge in [-0.15, -0.1) is 0 Å². The van der Waals surface area contributed by atoms with Crippen molar-refractivity contribution in [3.05, 3.63) is 29.3 Å². The molecule has 0 aliphatic carbocycles. The van der Waals surface area contributed by atoms with Gasteiger partial charge in [0.05, 0.1) is 5.56 Å². The molecule has 0 spiro atoms. The Hall–Kier alpha value is -1.23. The highest BCUT2D eigenvalue weighted by molar-refractivity contribution is 5.62. The first kappa shape index (κ1) is 10.9. The third-order valence-corrected chi connectivity index (χ3v) is 3.75. The molecule has 0 radical (unpaired) electrons. The highest BCUT2D eigenvalue weighted by Crippen LogP contribution is 2.40. The predicted octanol–water partition coefficient (Wildman–Crippen LogP) is 2.17. The lowest BCUT2D eigenvalue weighted by Gasteiger charge is -2.21. The monoisotopic (exact) mass is 242 g/mol. The Bertz CT molecular complexity index is 456. The van der Waals surface area contributed by atoms with Crippen LogP contribution in [0.5, 0.6) is 0 Å². The van der Waals surface area contributed by atoms with Gasteiger partial charge in [-0.2, -0.15) is 13.2 Å². The van der Waals surface area contributed by atoms with Crippen LogP contribution in [-0.2, 0) is 12.6 Å². The van der Waals surface area contributed by atoms with Gasteiger partial charge in [0.15, 0.2) is 0 Å². The largest absolute Gasteiger partial charge is 0.416 e. The molecule has 5 heteroatoms. The average Bonchev–Trinajstić information content (AvgIpc) is 2.77. The lowest BCUT2D eigenvalue weighted by atomic mass is 10.0. The van der Waals surface area contributed by atoms with Gasteiger partial charge in [-0.25, -0.2) is 0 Å². The fourth-order valence-electron chi connectivity index (χ4n) is 2.84. The third kappa shape index (κ3) is 1.60. The van der Waals surface area contributed by atoms with Crippen LogP contribution in [0.2, 0.25) is 0 Å². The van der Waals surface area contributed by atoms with E-state index in [1.165, 1.54) is 6.07 Å². The molecule has 1 aromatic carbocycles. The van der Waals surface area contributed by atoms with Gasteiger partial charge in [-0.1, -0.05) is 6.07 Å². The molecular formula is C12H13F3N2. The molecule has 2 N–H and O–H groups in total. The SMILES string of the molecule is NC1CCN2c3cc(C(F)(F)F)ccc3CC12. The first-order valence-corrected chi connectivity index (χ1v) is 5.69. The molecule has 1 fully saturated rings. The van der Waals surface area contributed by atoms with Crippen LogP contribution >= 0.6 is 0 Å². The maximum atomic E-state index is 12.6. The summed E-state index contributed by atoms with van der Waals surface area (Å²) >= 11 is 0. The first-order chi connectivity index (χ1) is 7.97. The number of rotatable bonds is 0. The molecule has 92 valence electrons. The van der Waals surface area contributed by atoms with Gasteiger partial charge in [-0.05, 0) is 30.5 Å². The zero-order valence-electron chi connectivity index (χ0n) is 9.17. The Kier molecular flexibility index (Phi) is 2.17. The van der Waals surface area contributed by atoms with Crippen LogP contribution in [0, 0.1) is 0 Å². The quantitative estimate of drug-likeness (QED) is 0.755. The van der Waals surface area contributed by atoms with Gasteiger partial charge >= 0.3 is 6.18 Å². The number of nitrogens with two attached hydrogens (primary N) is 1. The Morgan fingerprint density at radius 2 is 2.06 bits per heavy atom. The molecule has 17 heavy (non-hydrogen) atoms. The zero-order chi connectivity index (χ0) is 12.2. The number of benzene rings is 1. The molecular weight excluding hydrogens is 229 g/mol. The molecule has 2 unspecified atom stereocenters. The molecule has 2 nitrogen and oxygen atoms in total. The molecule has 2 atom stereocenters. The number of anilines is 1. The van der Waals surface area contributed by atoms with E-state index in [4.69, 9.17) is 5.73 Å². The van der Waals surface area contributed by atoms with Crippen molar-refractivity contribution >= 4 is 5.69 Å². The molecule has 0 aromatic heterocycles. The van der Waals surface area contributed by atoms with Crippen LogP contribution in [0.3, 0.4) is 0 Å². The van der Waals surface area contributed by atoms with Gasteiger partial charge < -0.3 is 10.6 Å². The lowest BCUT2D eigenvalue weighted by molar-refractivity contribution is -0.137. The van der Waals surface area contributed by atoms with E-state index >= 15 is 0 Å². The standard InChI is InChI=1S/C12H13F3N2/c13-12(14,15)8-2-1-7-5-11-9(16)3-4-17(11)10(7)6-8/h1-2,6,9,11H,3-5,16H2. The van der Waals surface area contributed by atoms with Gasteiger partial charge in [0.25, 0.3) is 0 Å². The molecule has 1 saturated heterocycles. The molecule has 0 bridgehead atoms. The van der Waals surface area contributed by atoms with Crippen molar-refractivity contribution < 1.29 is 13.2 Å². The van der Waals surface area contributed by atoms with Crippen molar-refractivity contribution in [1.82, 2.24) is 0 Å². The van der Waals surface area contributed by atoms with E-state index < -0.39 is 11.7 Å². The zero-order valence-corrected chi connectivity index (χ0v) is 9.17. The number of hydrogen-bond donors (Lipinski definition) is 1. The van der Waals surface area contributed by atoms with Crippen molar-refractivity contribution in [2.45, 2.75) is 31.1 Å². The fourth-order valence-corrected chi connectivity index (χ4v) is 2.84. The Morgan fingerprint density at radius 3 is 2.76 bits per heavy atom. The second-order valence-corrected chi connectivity index (χ2v) is 4.76. The minimum atomic E-state index is -4.27. The molecule has 2 aliphatic rings. The molecule has 1 aromatic rings. The predicted molar refractivity (Wildman–Crippen MR) is 58.9 cm³/mol. The van der Waals surface area contributed by atoms with E-state index in [0.717, 1.165) is 36.7 Å². The highest BCUT2D eigenvalue weighted by atomic mass is 19.4. The van der Waals surface area contributed by atoms with Gasteiger partial charge in [0, 0.05) is 24.3 Å². The number of alkyl halides is 3. The molecule has 2 aliphatic heterocycles. The summed E-state index contributed by atoms with van der Waals surface area (Å²) in [6.45, 7) is 0.764. The normalized spacial score (nSPS) is 27.2. The minimum Gasteiger partial charge on any atom is -0.366 e. The number of halogens is 3. The van der Waals surface area contributed by atoms with Crippen molar-refractivity contribution in [1.29, 1.82) is 0 Å². The topological polar surface area (TPSA) is 29.3 Å².